The Morgan fingerprint density at radius 2 is 1.89 bits per heavy atom. The van der Waals surface area contributed by atoms with E-state index in [-0.39, 0.29) is 16.5 Å². The lowest BCUT2D eigenvalue weighted by atomic mass is 9.73. The summed E-state index contributed by atoms with van der Waals surface area (Å²) in [5.74, 6) is -0.289. The molecule has 37 heavy (non-hydrogen) atoms. The van der Waals surface area contributed by atoms with Crippen molar-refractivity contribution in [3.8, 4) is 5.75 Å². The van der Waals surface area contributed by atoms with Crippen molar-refractivity contribution >= 4 is 23.4 Å². The largest absolute Gasteiger partial charge is 0.494 e. The minimum Gasteiger partial charge on any atom is -0.494 e. The van der Waals surface area contributed by atoms with Crippen LogP contribution in [0.4, 0.5) is 4.39 Å². The minimum atomic E-state index is -0.739. The van der Waals surface area contributed by atoms with Crippen LogP contribution >= 0.6 is 11.6 Å². The number of piperidine rings is 1. The number of rotatable bonds is 1. The number of halogens is 2. The van der Waals surface area contributed by atoms with Crippen LogP contribution < -0.4 is 10.1 Å². The smallest absolute Gasteiger partial charge is 0.256 e. The molecular weight excluding hydrogens is 497 g/mol. The van der Waals surface area contributed by atoms with Crippen molar-refractivity contribution in [2.24, 2.45) is 5.41 Å². The van der Waals surface area contributed by atoms with Gasteiger partial charge in [0.25, 0.3) is 5.91 Å². The van der Waals surface area contributed by atoms with Crippen molar-refractivity contribution in [1.82, 2.24) is 25.2 Å². The highest BCUT2D eigenvalue weighted by Crippen LogP contribution is 2.36. The molecule has 1 saturated heterocycles. The molecule has 0 atom stereocenters. The first-order valence-electron chi connectivity index (χ1n) is 12.6. The van der Waals surface area contributed by atoms with Gasteiger partial charge in [-0.1, -0.05) is 28.9 Å². The van der Waals surface area contributed by atoms with Crippen molar-refractivity contribution in [2.45, 2.75) is 38.6 Å². The molecule has 2 amide bonds. The van der Waals surface area contributed by atoms with Crippen molar-refractivity contribution in [3.05, 3.63) is 76.3 Å². The molecule has 0 radical (unpaired) electrons. The number of aromatic nitrogens is 3. The van der Waals surface area contributed by atoms with Crippen LogP contribution in [0.15, 0.2) is 48.7 Å². The highest BCUT2D eigenvalue weighted by Gasteiger charge is 2.43. The number of fused-ring (bicyclic) bond motifs is 8. The predicted molar refractivity (Wildman–Crippen MR) is 136 cm³/mol. The first-order valence-corrected chi connectivity index (χ1v) is 12.9. The van der Waals surface area contributed by atoms with Gasteiger partial charge in [0.15, 0.2) is 0 Å². The molecule has 8 nitrogen and oxygen atoms in total. The van der Waals surface area contributed by atoms with Crippen molar-refractivity contribution < 1.29 is 18.7 Å². The van der Waals surface area contributed by atoms with E-state index in [0.29, 0.717) is 58.5 Å². The Hall–Kier alpha value is -3.46. The summed E-state index contributed by atoms with van der Waals surface area (Å²) in [5, 5.41) is 11.9. The van der Waals surface area contributed by atoms with Crippen LogP contribution in [0.1, 0.15) is 40.9 Å². The van der Waals surface area contributed by atoms with Crippen LogP contribution in [0.25, 0.3) is 0 Å². The standard InChI is InChI=1S/C27H29ClFN5O3/c28-20-4-7-23(24(29)16-20)25(35)33-13-9-27(10-14-33)17-21-18-34(32-31-21)12-1-15-37-22-5-2-19(3-6-22)8-11-30-26(27)36/h2-7,16,18H,1,8-15,17H2,(H,30,36). The van der Waals surface area contributed by atoms with Crippen LogP contribution in [-0.2, 0) is 24.2 Å². The first-order chi connectivity index (χ1) is 17.9. The zero-order valence-corrected chi connectivity index (χ0v) is 21.2. The van der Waals surface area contributed by atoms with Crippen LogP contribution in [-0.4, -0.2) is 57.9 Å². The summed E-state index contributed by atoms with van der Waals surface area (Å²) < 4.78 is 22.0. The van der Waals surface area contributed by atoms with Gasteiger partial charge in [0.1, 0.15) is 11.6 Å². The number of benzene rings is 2. The fourth-order valence-corrected chi connectivity index (χ4v) is 5.17. The fourth-order valence-electron chi connectivity index (χ4n) is 5.01. The Balaban J connectivity index is 1.34. The normalized spacial score (nSPS) is 18.2. The average Bonchev–Trinajstić information content (AvgIpc) is 3.34. The Morgan fingerprint density at radius 1 is 1.11 bits per heavy atom. The number of amides is 2. The van der Waals surface area contributed by atoms with Crippen LogP contribution in [0.2, 0.25) is 5.02 Å². The summed E-state index contributed by atoms with van der Waals surface area (Å²) in [6.45, 7) is 2.38. The monoisotopic (exact) mass is 525 g/mol. The highest BCUT2D eigenvalue weighted by atomic mass is 35.5. The predicted octanol–water partition coefficient (Wildman–Crippen LogP) is 3.68. The molecule has 3 aromatic rings. The molecule has 1 spiro atoms. The Bertz CT molecular complexity index is 1270. The maximum absolute atomic E-state index is 14.4. The molecule has 194 valence electrons. The SMILES string of the molecule is O=C(c1ccc(Cl)cc1F)N1CCC2(CC1)Cc1cn(nn1)CCCOc1ccc(cc1)CCNC2=O. The minimum absolute atomic E-state index is 0.0170. The molecule has 10 heteroatoms. The molecule has 0 unspecified atom stereocenters. The van der Waals surface area contributed by atoms with Gasteiger partial charge in [0.05, 0.1) is 23.3 Å². The number of aryl methyl sites for hydroxylation is 1. The molecule has 3 aliphatic heterocycles. The molecule has 1 aromatic heterocycles. The van der Waals surface area contributed by atoms with E-state index in [9.17, 15) is 14.0 Å². The molecule has 6 rings (SSSR count). The van der Waals surface area contributed by atoms with Crippen LogP contribution in [0.5, 0.6) is 5.75 Å². The lowest BCUT2D eigenvalue weighted by Crippen LogP contribution is -2.51. The van der Waals surface area contributed by atoms with Gasteiger partial charge >= 0.3 is 0 Å². The van der Waals surface area contributed by atoms with E-state index in [1.807, 2.05) is 30.5 Å². The number of likely N-dealkylation sites (tertiary alicyclic amines) is 1. The Kier molecular flexibility index (Phi) is 7.41. The Morgan fingerprint density at radius 3 is 2.65 bits per heavy atom. The van der Waals surface area contributed by atoms with E-state index in [0.717, 1.165) is 29.5 Å². The van der Waals surface area contributed by atoms with Crippen molar-refractivity contribution in [2.75, 3.05) is 26.2 Å². The third kappa shape index (κ3) is 5.77. The number of nitrogens with zero attached hydrogens (tertiary/aromatic N) is 4. The van der Waals surface area contributed by atoms with E-state index in [1.165, 1.54) is 12.1 Å². The summed E-state index contributed by atoms with van der Waals surface area (Å²) in [5.41, 5.74) is 1.09. The zero-order valence-electron chi connectivity index (χ0n) is 20.5. The van der Waals surface area contributed by atoms with E-state index in [2.05, 4.69) is 15.6 Å². The highest BCUT2D eigenvalue weighted by molar-refractivity contribution is 6.30. The summed E-state index contributed by atoms with van der Waals surface area (Å²) in [6, 6.07) is 12.0. The number of ether oxygens (including phenoxy) is 1. The molecule has 4 heterocycles. The van der Waals surface area contributed by atoms with Crippen molar-refractivity contribution in [3.63, 3.8) is 0 Å². The topological polar surface area (TPSA) is 89.3 Å². The Labute approximate surface area is 219 Å². The number of hydrogen-bond acceptors (Lipinski definition) is 5. The van der Waals surface area contributed by atoms with Crippen molar-refractivity contribution in [1.29, 1.82) is 0 Å². The van der Waals surface area contributed by atoms with E-state index in [1.54, 1.807) is 9.58 Å². The zero-order chi connectivity index (χ0) is 25.8. The van der Waals surface area contributed by atoms with E-state index in [4.69, 9.17) is 16.3 Å². The van der Waals surface area contributed by atoms with Gasteiger partial charge in [-0.3, -0.25) is 14.3 Å². The maximum atomic E-state index is 14.4. The lowest BCUT2D eigenvalue weighted by Gasteiger charge is -2.40. The fraction of sp³-hybridized carbons (Fsp3) is 0.407. The van der Waals surface area contributed by atoms with Gasteiger partial charge in [-0.2, -0.15) is 0 Å². The number of hydrogen-bond donors (Lipinski definition) is 1. The molecule has 3 aliphatic rings. The van der Waals surface area contributed by atoms with Gasteiger partial charge in [-0.25, -0.2) is 4.39 Å². The third-order valence-electron chi connectivity index (χ3n) is 7.18. The van der Waals surface area contributed by atoms with E-state index < -0.39 is 17.1 Å². The van der Waals surface area contributed by atoms with E-state index >= 15 is 0 Å². The molecule has 4 bridgehead atoms. The number of carbonyl (C=O) groups excluding carboxylic acids is 2. The second-order valence-electron chi connectivity index (χ2n) is 9.70. The first kappa shape index (κ1) is 25.2. The van der Waals surface area contributed by atoms with Crippen LogP contribution in [0, 0.1) is 11.2 Å². The lowest BCUT2D eigenvalue weighted by molar-refractivity contribution is -0.133. The molecule has 0 saturated carbocycles. The molecule has 1 fully saturated rings. The number of carbonyl (C=O) groups is 2. The second kappa shape index (κ2) is 10.9. The molecule has 2 aromatic carbocycles. The second-order valence-corrected chi connectivity index (χ2v) is 10.1. The summed E-state index contributed by atoms with van der Waals surface area (Å²) in [6.07, 6.45) is 4.64. The maximum Gasteiger partial charge on any atom is 0.256 e. The van der Waals surface area contributed by atoms with Gasteiger partial charge in [-0.15, -0.1) is 5.10 Å². The quantitative estimate of drug-likeness (QED) is 0.523. The molecule has 1 N–H and O–H groups in total. The summed E-state index contributed by atoms with van der Waals surface area (Å²) >= 11 is 5.84. The molecular formula is C27H29ClFN5O3. The summed E-state index contributed by atoms with van der Waals surface area (Å²) in [7, 11) is 0. The average molecular weight is 526 g/mol. The van der Waals surface area contributed by atoms with Gasteiger partial charge < -0.3 is 15.0 Å². The molecule has 0 aliphatic carbocycles. The van der Waals surface area contributed by atoms with Crippen LogP contribution in [0.3, 0.4) is 0 Å². The van der Waals surface area contributed by atoms with Gasteiger partial charge in [0, 0.05) is 50.2 Å². The number of nitrogens with one attached hydrogen (secondary N) is 1. The summed E-state index contributed by atoms with van der Waals surface area (Å²) in [4.78, 5) is 28.2. The van der Waals surface area contributed by atoms with Gasteiger partial charge in [0.2, 0.25) is 5.91 Å². The van der Waals surface area contributed by atoms with Gasteiger partial charge in [-0.05, 0) is 55.2 Å². The third-order valence-corrected chi connectivity index (χ3v) is 7.41.